The van der Waals surface area contributed by atoms with E-state index in [0.717, 1.165) is 5.56 Å². The molecule has 1 saturated heterocycles. The summed E-state index contributed by atoms with van der Waals surface area (Å²) in [6.45, 7) is 0.913. The van der Waals surface area contributed by atoms with Crippen LogP contribution in [0.15, 0.2) is 58.2 Å². The van der Waals surface area contributed by atoms with Crippen LogP contribution in [-0.2, 0) is 21.4 Å². The molecular formula is C20H21ClN4O4S. The minimum absolute atomic E-state index is 0.0773. The number of aromatic nitrogens is 2. The molecule has 0 unspecified atom stereocenters. The zero-order valence-corrected chi connectivity index (χ0v) is 17.6. The van der Waals surface area contributed by atoms with E-state index >= 15 is 0 Å². The highest BCUT2D eigenvalue weighted by molar-refractivity contribution is 7.89. The fraction of sp³-hybridized carbons (Fsp3) is 0.300. The number of hydrogen-bond donors (Lipinski definition) is 2. The molecule has 0 atom stereocenters. The van der Waals surface area contributed by atoms with Gasteiger partial charge in [0.15, 0.2) is 5.76 Å². The van der Waals surface area contributed by atoms with Gasteiger partial charge in [-0.25, -0.2) is 8.42 Å². The Bertz CT molecular complexity index is 1120. The third kappa shape index (κ3) is 4.43. The molecule has 0 saturated carbocycles. The number of rotatable bonds is 6. The van der Waals surface area contributed by atoms with Gasteiger partial charge in [0.1, 0.15) is 5.69 Å². The summed E-state index contributed by atoms with van der Waals surface area (Å²) in [5, 5.41) is 9.98. The Morgan fingerprint density at radius 1 is 1.23 bits per heavy atom. The zero-order valence-electron chi connectivity index (χ0n) is 16.0. The fourth-order valence-corrected chi connectivity index (χ4v) is 5.06. The Kier molecular flexibility index (Phi) is 5.94. The molecule has 2 N–H and O–H groups in total. The summed E-state index contributed by atoms with van der Waals surface area (Å²) in [4.78, 5) is 12.5. The van der Waals surface area contributed by atoms with Crippen LogP contribution in [0, 0.1) is 5.92 Å². The quantitative estimate of drug-likeness (QED) is 0.602. The summed E-state index contributed by atoms with van der Waals surface area (Å²) in [7, 11) is -3.76. The lowest BCUT2D eigenvalue weighted by Gasteiger charge is -2.29. The molecule has 10 heteroatoms. The lowest BCUT2D eigenvalue weighted by atomic mass is 9.97. The van der Waals surface area contributed by atoms with Crippen LogP contribution in [0.2, 0.25) is 5.02 Å². The van der Waals surface area contributed by atoms with E-state index in [1.807, 2.05) is 12.1 Å². The summed E-state index contributed by atoms with van der Waals surface area (Å²) in [6, 6.07) is 12.0. The van der Waals surface area contributed by atoms with Gasteiger partial charge in [0.05, 0.1) is 0 Å². The summed E-state index contributed by atoms with van der Waals surface area (Å²) in [5.74, 6) is 0.0979. The zero-order chi connectivity index (χ0) is 21.1. The average molecular weight is 449 g/mol. The first kappa shape index (κ1) is 20.6. The summed E-state index contributed by atoms with van der Waals surface area (Å²) >= 11 is 5.96. The smallest absolute Gasteiger partial charge is 0.276 e. The molecule has 0 bridgehead atoms. The van der Waals surface area contributed by atoms with Crippen molar-refractivity contribution in [2.24, 2.45) is 5.92 Å². The largest absolute Gasteiger partial charge is 0.442 e. The summed E-state index contributed by atoms with van der Waals surface area (Å²) < 4.78 is 32.7. The van der Waals surface area contributed by atoms with Gasteiger partial charge in [-0.05, 0) is 48.7 Å². The molecule has 0 aliphatic carbocycles. The van der Waals surface area contributed by atoms with E-state index in [1.54, 1.807) is 30.5 Å². The maximum absolute atomic E-state index is 12.9. The number of aromatic amines is 1. The molecule has 0 spiro atoms. The normalized spacial score (nSPS) is 15.9. The number of carbonyl (C=O) groups is 1. The van der Waals surface area contributed by atoms with E-state index in [1.165, 1.54) is 10.4 Å². The van der Waals surface area contributed by atoms with Crippen LogP contribution in [0.1, 0.15) is 18.4 Å². The first-order valence-electron chi connectivity index (χ1n) is 9.55. The number of carbonyl (C=O) groups excluding carboxylic acids is 1. The summed E-state index contributed by atoms with van der Waals surface area (Å²) in [5.41, 5.74) is 1.52. The van der Waals surface area contributed by atoms with Gasteiger partial charge in [0, 0.05) is 36.8 Å². The van der Waals surface area contributed by atoms with E-state index in [2.05, 4.69) is 15.5 Å². The second-order valence-corrected chi connectivity index (χ2v) is 9.42. The molecule has 2 aromatic heterocycles. The van der Waals surface area contributed by atoms with Gasteiger partial charge >= 0.3 is 0 Å². The molecule has 30 heavy (non-hydrogen) atoms. The van der Waals surface area contributed by atoms with Gasteiger partial charge in [0.2, 0.25) is 11.0 Å². The van der Waals surface area contributed by atoms with Gasteiger partial charge in [-0.1, -0.05) is 23.7 Å². The van der Waals surface area contributed by atoms with Crippen LogP contribution >= 0.6 is 11.6 Å². The Balaban J connectivity index is 1.34. The Morgan fingerprint density at radius 3 is 2.73 bits per heavy atom. The molecule has 1 aromatic carbocycles. The number of piperidine rings is 1. The second-order valence-electron chi connectivity index (χ2n) is 7.12. The monoisotopic (exact) mass is 448 g/mol. The lowest BCUT2D eigenvalue weighted by Crippen LogP contribution is -2.42. The Hall–Kier alpha value is -2.62. The van der Waals surface area contributed by atoms with Crippen molar-refractivity contribution in [1.82, 2.24) is 19.8 Å². The molecule has 1 aliphatic heterocycles. The molecule has 1 amide bonds. The van der Waals surface area contributed by atoms with Gasteiger partial charge in [-0.15, -0.1) is 0 Å². The van der Waals surface area contributed by atoms with E-state index < -0.39 is 10.0 Å². The standard InChI is InChI=1S/C20H21ClN4O4S/c21-16-3-1-2-14(12-16)13-22-20(26)15-7-10-25(11-8-15)30(27,28)19-5-4-18(29-19)17-6-9-23-24-17/h1-6,9,12,15H,7-8,10-11,13H2,(H,22,26)(H,23,24). The number of hydrogen-bond acceptors (Lipinski definition) is 5. The topological polar surface area (TPSA) is 108 Å². The molecule has 8 nitrogen and oxygen atoms in total. The highest BCUT2D eigenvalue weighted by atomic mass is 35.5. The molecule has 3 aromatic rings. The fourth-order valence-electron chi connectivity index (χ4n) is 3.46. The first-order valence-corrected chi connectivity index (χ1v) is 11.4. The number of nitrogens with one attached hydrogen (secondary N) is 2. The van der Waals surface area contributed by atoms with Crippen LogP contribution in [-0.4, -0.2) is 41.9 Å². The molecule has 3 heterocycles. The third-order valence-electron chi connectivity index (χ3n) is 5.12. The lowest BCUT2D eigenvalue weighted by molar-refractivity contribution is -0.126. The van der Waals surface area contributed by atoms with Crippen molar-refractivity contribution in [3.8, 4) is 11.5 Å². The maximum Gasteiger partial charge on any atom is 0.276 e. The maximum atomic E-state index is 12.9. The number of benzene rings is 1. The Morgan fingerprint density at radius 2 is 2.03 bits per heavy atom. The van der Waals surface area contributed by atoms with E-state index in [9.17, 15) is 13.2 Å². The van der Waals surface area contributed by atoms with Crippen LogP contribution < -0.4 is 5.32 Å². The van der Waals surface area contributed by atoms with Crippen molar-refractivity contribution >= 4 is 27.5 Å². The van der Waals surface area contributed by atoms with Crippen molar-refractivity contribution in [2.45, 2.75) is 24.5 Å². The van der Waals surface area contributed by atoms with Crippen molar-refractivity contribution in [1.29, 1.82) is 0 Å². The number of nitrogens with zero attached hydrogens (tertiary/aromatic N) is 2. The summed E-state index contributed by atoms with van der Waals surface area (Å²) in [6.07, 6.45) is 2.47. The third-order valence-corrected chi connectivity index (χ3v) is 7.13. The minimum Gasteiger partial charge on any atom is -0.442 e. The van der Waals surface area contributed by atoms with E-state index in [4.69, 9.17) is 16.0 Å². The van der Waals surface area contributed by atoms with E-state index in [-0.39, 0.29) is 30.0 Å². The van der Waals surface area contributed by atoms with Crippen LogP contribution in [0.3, 0.4) is 0 Å². The molecular weight excluding hydrogens is 428 g/mol. The van der Waals surface area contributed by atoms with Crippen LogP contribution in [0.25, 0.3) is 11.5 Å². The van der Waals surface area contributed by atoms with Gasteiger partial charge < -0.3 is 9.73 Å². The van der Waals surface area contributed by atoms with Gasteiger partial charge in [-0.2, -0.15) is 9.40 Å². The highest BCUT2D eigenvalue weighted by Gasteiger charge is 2.34. The molecule has 4 rings (SSSR count). The number of halogens is 1. The number of furan rings is 1. The minimum atomic E-state index is -3.76. The Labute approximate surface area is 179 Å². The molecule has 1 fully saturated rings. The van der Waals surface area contributed by atoms with Crippen molar-refractivity contribution in [3.05, 3.63) is 59.2 Å². The van der Waals surface area contributed by atoms with Crippen LogP contribution in [0.4, 0.5) is 0 Å². The van der Waals surface area contributed by atoms with Crippen LogP contribution in [0.5, 0.6) is 0 Å². The SMILES string of the molecule is O=C(NCc1cccc(Cl)c1)C1CCN(S(=O)(=O)c2ccc(-c3ccn[nH]3)o2)CC1. The molecule has 1 aliphatic rings. The average Bonchev–Trinajstić information content (AvgIpc) is 3.44. The molecule has 0 radical (unpaired) electrons. The van der Waals surface area contributed by atoms with Crippen molar-refractivity contribution in [3.63, 3.8) is 0 Å². The van der Waals surface area contributed by atoms with Gasteiger partial charge in [-0.3, -0.25) is 9.89 Å². The van der Waals surface area contributed by atoms with Gasteiger partial charge in [0.25, 0.3) is 10.0 Å². The predicted molar refractivity (Wildman–Crippen MR) is 111 cm³/mol. The number of H-pyrrole nitrogens is 1. The first-order chi connectivity index (χ1) is 14.4. The number of sulfonamides is 1. The number of amides is 1. The molecule has 158 valence electrons. The van der Waals surface area contributed by atoms with Crippen molar-refractivity contribution < 1.29 is 17.6 Å². The second kappa shape index (κ2) is 8.63. The highest BCUT2D eigenvalue weighted by Crippen LogP contribution is 2.28. The predicted octanol–water partition coefficient (Wildman–Crippen LogP) is 3.04. The van der Waals surface area contributed by atoms with E-state index in [0.29, 0.717) is 35.9 Å². The van der Waals surface area contributed by atoms with Crippen molar-refractivity contribution in [2.75, 3.05) is 13.1 Å².